The quantitative estimate of drug-likeness (QED) is 0.368. The molecule has 1 atom stereocenters. The lowest BCUT2D eigenvalue weighted by molar-refractivity contribution is -0.163. The number of ether oxygens (including phenoxy) is 1. The SMILES string of the molecule is CCCCN1C(=O)[C@@H](CC2(O)CCCC2)NC(=O)C12CCN(Cc1ccc(COc3ccc(C(=O)O)cc3)cc1)CC2. The number of piperidine rings is 1. The Hall–Kier alpha value is -3.43. The van der Waals surface area contributed by atoms with Gasteiger partial charge in [-0.3, -0.25) is 14.5 Å². The number of unbranched alkanes of at least 4 members (excludes halogenated alkanes) is 1. The number of nitrogens with zero attached hydrogens (tertiary/aromatic N) is 2. The Labute approximate surface area is 247 Å². The van der Waals surface area contributed by atoms with E-state index in [1.54, 1.807) is 12.1 Å². The Morgan fingerprint density at radius 3 is 2.24 bits per heavy atom. The van der Waals surface area contributed by atoms with Crippen LogP contribution in [0.15, 0.2) is 48.5 Å². The Morgan fingerprint density at radius 2 is 1.62 bits per heavy atom. The highest BCUT2D eigenvalue weighted by atomic mass is 16.5. The second-order valence-corrected chi connectivity index (χ2v) is 12.2. The van der Waals surface area contributed by atoms with Gasteiger partial charge in [0.25, 0.3) is 0 Å². The summed E-state index contributed by atoms with van der Waals surface area (Å²) in [6.45, 7) is 5.25. The van der Waals surface area contributed by atoms with Crippen LogP contribution in [0.5, 0.6) is 5.75 Å². The van der Waals surface area contributed by atoms with Gasteiger partial charge >= 0.3 is 5.97 Å². The van der Waals surface area contributed by atoms with Gasteiger partial charge in [0.2, 0.25) is 11.8 Å². The van der Waals surface area contributed by atoms with E-state index in [9.17, 15) is 19.5 Å². The Balaban J connectivity index is 1.16. The summed E-state index contributed by atoms with van der Waals surface area (Å²) in [7, 11) is 0. The van der Waals surface area contributed by atoms with E-state index in [4.69, 9.17) is 9.84 Å². The van der Waals surface area contributed by atoms with Crippen molar-refractivity contribution in [2.24, 2.45) is 0 Å². The zero-order valence-electron chi connectivity index (χ0n) is 24.5. The molecule has 2 amide bonds. The molecule has 226 valence electrons. The molecule has 0 radical (unpaired) electrons. The van der Waals surface area contributed by atoms with Crippen LogP contribution in [0, 0.1) is 0 Å². The molecule has 3 aliphatic rings. The molecular formula is C33H43N3O6. The van der Waals surface area contributed by atoms with Crippen LogP contribution in [0.2, 0.25) is 0 Å². The normalized spacial score (nSPS) is 21.9. The molecule has 2 saturated heterocycles. The first-order chi connectivity index (χ1) is 20.2. The van der Waals surface area contributed by atoms with Crippen LogP contribution in [0.25, 0.3) is 0 Å². The van der Waals surface area contributed by atoms with Gasteiger partial charge in [-0.1, -0.05) is 50.5 Å². The minimum Gasteiger partial charge on any atom is -0.489 e. The minimum atomic E-state index is -0.964. The number of amides is 2. The smallest absolute Gasteiger partial charge is 0.335 e. The molecule has 2 aromatic carbocycles. The van der Waals surface area contributed by atoms with E-state index in [0.29, 0.717) is 51.0 Å². The maximum atomic E-state index is 13.7. The topological polar surface area (TPSA) is 119 Å². The van der Waals surface area contributed by atoms with Crippen molar-refractivity contribution >= 4 is 17.8 Å². The van der Waals surface area contributed by atoms with Crippen molar-refractivity contribution in [3.8, 4) is 5.75 Å². The number of carboxylic acid groups (broad SMARTS) is 1. The summed E-state index contributed by atoms with van der Waals surface area (Å²) in [6, 6.07) is 13.9. The molecule has 2 aromatic rings. The summed E-state index contributed by atoms with van der Waals surface area (Å²) >= 11 is 0. The van der Waals surface area contributed by atoms with Crippen LogP contribution in [-0.4, -0.2) is 74.6 Å². The lowest BCUT2D eigenvalue weighted by Crippen LogP contribution is -2.73. The van der Waals surface area contributed by atoms with Crippen LogP contribution < -0.4 is 10.1 Å². The zero-order chi connectivity index (χ0) is 29.7. The molecule has 5 rings (SSSR count). The molecule has 3 N–H and O–H groups in total. The van der Waals surface area contributed by atoms with E-state index in [1.165, 1.54) is 12.1 Å². The fourth-order valence-electron chi connectivity index (χ4n) is 6.71. The van der Waals surface area contributed by atoms with Crippen molar-refractivity contribution in [1.29, 1.82) is 0 Å². The van der Waals surface area contributed by atoms with Crippen molar-refractivity contribution in [3.63, 3.8) is 0 Å². The number of likely N-dealkylation sites (tertiary alicyclic amines) is 1. The summed E-state index contributed by atoms with van der Waals surface area (Å²) in [5.41, 5.74) is 0.730. The third kappa shape index (κ3) is 6.63. The number of piperazine rings is 1. The molecule has 1 spiro atoms. The third-order valence-corrected chi connectivity index (χ3v) is 9.28. The number of aliphatic hydroxyl groups is 1. The largest absolute Gasteiger partial charge is 0.489 e. The fourth-order valence-corrected chi connectivity index (χ4v) is 6.71. The molecule has 9 nitrogen and oxygen atoms in total. The summed E-state index contributed by atoms with van der Waals surface area (Å²) in [5, 5.41) is 23.0. The number of hydrogen-bond acceptors (Lipinski definition) is 6. The fraction of sp³-hybridized carbons (Fsp3) is 0.545. The van der Waals surface area contributed by atoms with Gasteiger partial charge in [0, 0.05) is 32.6 Å². The van der Waals surface area contributed by atoms with Gasteiger partial charge in [-0.2, -0.15) is 0 Å². The van der Waals surface area contributed by atoms with Crippen molar-refractivity contribution in [2.75, 3.05) is 19.6 Å². The molecule has 42 heavy (non-hydrogen) atoms. The number of hydrogen-bond donors (Lipinski definition) is 3. The Kier molecular flexibility index (Phi) is 9.18. The molecule has 1 saturated carbocycles. The zero-order valence-corrected chi connectivity index (χ0v) is 24.5. The van der Waals surface area contributed by atoms with Gasteiger partial charge in [0.15, 0.2) is 0 Å². The standard InChI is InChI=1S/C33H43N3O6/c1-2-3-18-36-29(37)28(21-32(41)14-4-5-15-32)34-31(40)33(36)16-19-35(20-17-33)22-24-6-8-25(9-7-24)23-42-27-12-10-26(11-13-27)30(38)39/h6-13,28,41H,2-5,14-23H2,1H3,(H,34,40)(H,38,39)/t28-/m1/s1. The number of carbonyl (C=O) groups is 3. The summed E-state index contributed by atoms with van der Waals surface area (Å²) < 4.78 is 5.80. The van der Waals surface area contributed by atoms with Crippen LogP contribution >= 0.6 is 0 Å². The van der Waals surface area contributed by atoms with Crippen molar-refractivity contribution in [1.82, 2.24) is 15.1 Å². The molecule has 2 aliphatic heterocycles. The number of nitrogens with one attached hydrogen (secondary N) is 1. The molecule has 0 aromatic heterocycles. The molecule has 1 aliphatic carbocycles. The predicted molar refractivity (Wildman–Crippen MR) is 158 cm³/mol. The molecule has 2 heterocycles. The van der Waals surface area contributed by atoms with Crippen LogP contribution in [0.3, 0.4) is 0 Å². The van der Waals surface area contributed by atoms with E-state index in [-0.39, 0.29) is 17.4 Å². The molecular weight excluding hydrogens is 534 g/mol. The van der Waals surface area contributed by atoms with Crippen LogP contribution in [0.4, 0.5) is 0 Å². The first kappa shape index (κ1) is 30.0. The second-order valence-electron chi connectivity index (χ2n) is 12.2. The lowest BCUT2D eigenvalue weighted by atomic mass is 9.80. The van der Waals surface area contributed by atoms with E-state index in [0.717, 1.165) is 56.4 Å². The summed E-state index contributed by atoms with van der Waals surface area (Å²) in [5.74, 6) is -0.446. The van der Waals surface area contributed by atoms with E-state index in [2.05, 4.69) is 29.3 Å². The maximum Gasteiger partial charge on any atom is 0.335 e. The molecule has 0 bridgehead atoms. The summed E-state index contributed by atoms with van der Waals surface area (Å²) in [6.07, 6.45) is 6.61. The average Bonchev–Trinajstić information content (AvgIpc) is 3.42. The van der Waals surface area contributed by atoms with Crippen molar-refractivity contribution in [2.45, 2.75) is 95.0 Å². The van der Waals surface area contributed by atoms with Crippen molar-refractivity contribution < 1.29 is 29.3 Å². The van der Waals surface area contributed by atoms with Gasteiger partial charge < -0.3 is 25.2 Å². The molecule has 0 unspecified atom stereocenters. The van der Waals surface area contributed by atoms with E-state index < -0.39 is 23.2 Å². The second kappa shape index (κ2) is 12.8. The lowest BCUT2D eigenvalue weighted by Gasteiger charge is -2.52. The predicted octanol–water partition coefficient (Wildman–Crippen LogP) is 4.12. The number of aromatic carboxylic acids is 1. The number of rotatable bonds is 11. The number of carbonyl (C=O) groups excluding carboxylic acids is 2. The van der Waals surface area contributed by atoms with Gasteiger partial charge in [-0.25, -0.2) is 4.79 Å². The first-order valence-electron chi connectivity index (χ1n) is 15.3. The minimum absolute atomic E-state index is 0.0348. The third-order valence-electron chi connectivity index (χ3n) is 9.28. The number of benzene rings is 2. The highest BCUT2D eigenvalue weighted by Gasteiger charge is 2.54. The van der Waals surface area contributed by atoms with Gasteiger partial charge in [-0.05, 0) is 67.5 Å². The first-order valence-corrected chi connectivity index (χ1v) is 15.3. The highest BCUT2D eigenvalue weighted by Crippen LogP contribution is 2.38. The van der Waals surface area contributed by atoms with Crippen LogP contribution in [-0.2, 0) is 22.7 Å². The van der Waals surface area contributed by atoms with Crippen LogP contribution in [0.1, 0.15) is 86.2 Å². The van der Waals surface area contributed by atoms with Gasteiger partial charge in [0.1, 0.15) is 23.9 Å². The Bertz CT molecular complexity index is 1250. The van der Waals surface area contributed by atoms with Crippen molar-refractivity contribution in [3.05, 3.63) is 65.2 Å². The summed E-state index contributed by atoms with van der Waals surface area (Å²) in [4.78, 5) is 42.6. The van der Waals surface area contributed by atoms with E-state index in [1.807, 2.05) is 17.0 Å². The highest BCUT2D eigenvalue weighted by molar-refractivity contribution is 6.00. The molecule has 9 heteroatoms. The monoisotopic (exact) mass is 577 g/mol. The number of carboxylic acids is 1. The molecule has 3 fully saturated rings. The van der Waals surface area contributed by atoms with E-state index >= 15 is 0 Å². The van der Waals surface area contributed by atoms with Gasteiger partial charge in [-0.15, -0.1) is 0 Å². The maximum absolute atomic E-state index is 13.7. The van der Waals surface area contributed by atoms with Gasteiger partial charge in [0.05, 0.1) is 11.2 Å². The average molecular weight is 578 g/mol. The Morgan fingerprint density at radius 1 is 0.976 bits per heavy atom.